The zero-order valence-corrected chi connectivity index (χ0v) is 14.5. The second-order valence-electron chi connectivity index (χ2n) is 5.27. The molecular weight excluding hydrogens is 338 g/mol. The molecule has 1 N–H and O–H groups in total. The Kier molecular flexibility index (Phi) is 6.73. The van der Waals surface area contributed by atoms with Crippen molar-refractivity contribution in [2.75, 3.05) is 20.8 Å². The van der Waals surface area contributed by atoms with Gasteiger partial charge in [-0.3, -0.25) is 4.79 Å². The number of rotatable bonds is 7. The number of nitrogens with one attached hydrogen (secondary N) is 1. The Hall–Kier alpha value is -3.35. The normalized spacial score (nSPS) is 9.92. The molecule has 0 bridgehead atoms. The Balaban J connectivity index is 1.79. The molecule has 0 atom stereocenters. The summed E-state index contributed by atoms with van der Waals surface area (Å²) in [5.41, 5.74) is 1.52. The van der Waals surface area contributed by atoms with Crippen molar-refractivity contribution in [3.05, 3.63) is 65.2 Å². The van der Waals surface area contributed by atoms with Crippen LogP contribution in [0.4, 0.5) is 0 Å². The van der Waals surface area contributed by atoms with E-state index in [1.807, 2.05) is 0 Å². The van der Waals surface area contributed by atoms with Gasteiger partial charge < -0.3 is 19.5 Å². The molecule has 2 aromatic carbocycles. The van der Waals surface area contributed by atoms with Gasteiger partial charge in [0.05, 0.1) is 25.3 Å². The fourth-order valence-electron chi connectivity index (χ4n) is 2.09. The van der Waals surface area contributed by atoms with Crippen molar-refractivity contribution in [2.24, 2.45) is 0 Å². The van der Waals surface area contributed by atoms with Crippen LogP contribution < -0.4 is 10.1 Å². The van der Waals surface area contributed by atoms with Crippen LogP contribution in [0.3, 0.4) is 0 Å². The molecule has 26 heavy (non-hydrogen) atoms. The maximum atomic E-state index is 11.9. The first kappa shape index (κ1) is 19.0. The summed E-state index contributed by atoms with van der Waals surface area (Å²) in [5, 5.41) is 2.63. The molecule has 0 unspecified atom stereocenters. The van der Waals surface area contributed by atoms with Crippen LogP contribution in [0.1, 0.15) is 26.3 Å². The van der Waals surface area contributed by atoms with E-state index in [1.54, 1.807) is 42.5 Å². The molecule has 2 aromatic rings. The summed E-state index contributed by atoms with van der Waals surface area (Å²) in [6.45, 7) is -0.146. The molecule has 0 aliphatic heterocycles. The zero-order chi connectivity index (χ0) is 18.9. The number of benzene rings is 2. The van der Waals surface area contributed by atoms with Crippen LogP contribution in [0, 0.1) is 0 Å². The van der Waals surface area contributed by atoms with Gasteiger partial charge >= 0.3 is 11.9 Å². The fraction of sp³-hybridized carbons (Fsp3) is 0.211. The molecule has 0 aromatic heterocycles. The van der Waals surface area contributed by atoms with Crippen molar-refractivity contribution in [1.29, 1.82) is 0 Å². The lowest BCUT2D eigenvalue weighted by molar-refractivity contribution is -0.124. The number of carbonyl (C=O) groups excluding carboxylic acids is 3. The number of hydrogen-bond acceptors (Lipinski definition) is 6. The summed E-state index contributed by atoms with van der Waals surface area (Å²) in [4.78, 5) is 35.1. The summed E-state index contributed by atoms with van der Waals surface area (Å²) < 4.78 is 14.6. The maximum Gasteiger partial charge on any atom is 0.338 e. The van der Waals surface area contributed by atoms with Crippen LogP contribution in [0.25, 0.3) is 0 Å². The van der Waals surface area contributed by atoms with Crippen LogP contribution in [0.15, 0.2) is 48.5 Å². The van der Waals surface area contributed by atoms with Gasteiger partial charge in [-0.2, -0.15) is 0 Å². The lowest BCUT2D eigenvalue weighted by atomic mass is 10.1. The van der Waals surface area contributed by atoms with Gasteiger partial charge in [0.25, 0.3) is 5.91 Å². The second-order valence-corrected chi connectivity index (χ2v) is 5.27. The predicted octanol–water partition coefficient (Wildman–Crippen LogP) is 1.95. The van der Waals surface area contributed by atoms with Gasteiger partial charge in [-0.25, -0.2) is 9.59 Å². The molecule has 2 rings (SSSR count). The van der Waals surface area contributed by atoms with Crippen molar-refractivity contribution in [1.82, 2.24) is 5.32 Å². The van der Waals surface area contributed by atoms with E-state index in [9.17, 15) is 14.4 Å². The Labute approximate surface area is 150 Å². The number of carbonyl (C=O) groups is 3. The first-order valence-electron chi connectivity index (χ1n) is 7.78. The average Bonchev–Trinajstić information content (AvgIpc) is 2.70. The summed E-state index contributed by atoms with van der Waals surface area (Å²) in [5.74, 6) is -0.941. The monoisotopic (exact) mass is 357 g/mol. The van der Waals surface area contributed by atoms with Crippen molar-refractivity contribution in [3.63, 3.8) is 0 Å². The average molecular weight is 357 g/mol. The largest absolute Gasteiger partial charge is 0.497 e. The van der Waals surface area contributed by atoms with E-state index >= 15 is 0 Å². The van der Waals surface area contributed by atoms with Crippen molar-refractivity contribution >= 4 is 17.8 Å². The lowest BCUT2D eigenvalue weighted by Gasteiger charge is -2.08. The first-order valence-corrected chi connectivity index (χ1v) is 7.78. The minimum atomic E-state index is -0.610. The molecule has 0 saturated carbocycles. The molecule has 0 aliphatic rings. The highest BCUT2D eigenvalue weighted by molar-refractivity contribution is 5.91. The van der Waals surface area contributed by atoms with Gasteiger partial charge in [0, 0.05) is 6.54 Å². The third-order valence-corrected chi connectivity index (χ3v) is 3.50. The van der Waals surface area contributed by atoms with E-state index < -0.39 is 24.5 Å². The van der Waals surface area contributed by atoms with E-state index in [0.717, 1.165) is 5.56 Å². The highest BCUT2D eigenvalue weighted by Crippen LogP contribution is 2.13. The van der Waals surface area contributed by atoms with Gasteiger partial charge in [-0.15, -0.1) is 0 Å². The van der Waals surface area contributed by atoms with E-state index in [-0.39, 0.29) is 6.54 Å². The Morgan fingerprint density at radius 2 is 1.65 bits per heavy atom. The van der Waals surface area contributed by atoms with Crippen molar-refractivity contribution in [3.8, 4) is 5.75 Å². The van der Waals surface area contributed by atoms with Crippen LogP contribution in [-0.4, -0.2) is 38.7 Å². The standard InChI is InChI=1S/C19H19NO6/c1-24-16-5-3-4-15(10-16)19(23)26-12-17(21)20-11-13-6-8-14(9-7-13)18(22)25-2/h3-10H,11-12H2,1-2H3,(H,20,21). The van der Waals surface area contributed by atoms with E-state index in [2.05, 4.69) is 10.1 Å². The van der Waals surface area contributed by atoms with E-state index in [0.29, 0.717) is 16.9 Å². The highest BCUT2D eigenvalue weighted by atomic mass is 16.5. The van der Waals surface area contributed by atoms with Crippen molar-refractivity contribution in [2.45, 2.75) is 6.54 Å². The van der Waals surface area contributed by atoms with E-state index in [4.69, 9.17) is 9.47 Å². The molecular formula is C19H19NO6. The van der Waals surface area contributed by atoms with Gasteiger partial charge in [0.15, 0.2) is 6.61 Å². The molecule has 0 fully saturated rings. The summed E-state index contributed by atoms with van der Waals surface area (Å²) in [7, 11) is 2.80. The fourth-order valence-corrected chi connectivity index (χ4v) is 2.09. The molecule has 7 nitrogen and oxygen atoms in total. The Morgan fingerprint density at radius 1 is 0.923 bits per heavy atom. The van der Waals surface area contributed by atoms with Crippen LogP contribution in [0.5, 0.6) is 5.75 Å². The molecule has 0 spiro atoms. The second kappa shape index (κ2) is 9.22. The minimum absolute atomic E-state index is 0.247. The molecule has 1 amide bonds. The number of ether oxygens (including phenoxy) is 3. The number of methoxy groups -OCH3 is 2. The number of amides is 1. The SMILES string of the molecule is COC(=O)c1ccc(CNC(=O)COC(=O)c2cccc(OC)c2)cc1. The Morgan fingerprint density at radius 3 is 2.31 bits per heavy atom. The smallest absolute Gasteiger partial charge is 0.338 e. The summed E-state index contributed by atoms with van der Waals surface area (Å²) in [6, 6.07) is 13.1. The molecule has 7 heteroatoms. The zero-order valence-electron chi connectivity index (χ0n) is 14.5. The third kappa shape index (κ3) is 5.34. The molecule has 136 valence electrons. The summed E-state index contributed by atoms with van der Waals surface area (Å²) >= 11 is 0. The Bertz CT molecular complexity index is 785. The van der Waals surface area contributed by atoms with Gasteiger partial charge in [0.2, 0.25) is 0 Å². The third-order valence-electron chi connectivity index (χ3n) is 3.50. The number of hydrogen-bond donors (Lipinski definition) is 1. The highest BCUT2D eigenvalue weighted by Gasteiger charge is 2.11. The van der Waals surface area contributed by atoms with Crippen molar-refractivity contribution < 1.29 is 28.6 Å². The number of esters is 2. The first-order chi connectivity index (χ1) is 12.5. The lowest BCUT2D eigenvalue weighted by Crippen LogP contribution is -2.28. The van der Waals surface area contributed by atoms with Gasteiger partial charge in [0.1, 0.15) is 5.75 Å². The van der Waals surface area contributed by atoms with Gasteiger partial charge in [-0.1, -0.05) is 18.2 Å². The quantitative estimate of drug-likeness (QED) is 0.762. The van der Waals surface area contributed by atoms with Crippen LogP contribution in [0.2, 0.25) is 0 Å². The summed E-state index contributed by atoms with van der Waals surface area (Å²) in [6.07, 6.45) is 0. The molecule has 0 radical (unpaired) electrons. The topological polar surface area (TPSA) is 90.9 Å². The predicted molar refractivity (Wildman–Crippen MR) is 92.9 cm³/mol. The van der Waals surface area contributed by atoms with Gasteiger partial charge in [-0.05, 0) is 35.9 Å². The van der Waals surface area contributed by atoms with Crippen LogP contribution in [-0.2, 0) is 20.8 Å². The minimum Gasteiger partial charge on any atom is -0.497 e. The molecule has 0 saturated heterocycles. The molecule has 0 heterocycles. The van der Waals surface area contributed by atoms with E-state index in [1.165, 1.54) is 20.3 Å². The molecule has 0 aliphatic carbocycles. The maximum absolute atomic E-state index is 11.9. The van der Waals surface area contributed by atoms with Crippen LogP contribution >= 0.6 is 0 Å².